The number of carbonyl (C=O) groups is 1. The summed E-state index contributed by atoms with van der Waals surface area (Å²) in [4.78, 5) is 14.5. The summed E-state index contributed by atoms with van der Waals surface area (Å²) in [6.07, 6.45) is 1.54. The molecule has 0 unspecified atom stereocenters. The van der Waals surface area contributed by atoms with Crippen molar-refractivity contribution in [2.24, 2.45) is 0 Å². The van der Waals surface area contributed by atoms with E-state index in [1.165, 1.54) is 6.92 Å². The van der Waals surface area contributed by atoms with E-state index < -0.39 is 10.1 Å². The molecule has 164 valence electrons. The molecule has 0 saturated heterocycles. The summed E-state index contributed by atoms with van der Waals surface area (Å²) in [7, 11) is -2.07. The third-order valence-electron chi connectivity index (χ3n) is 4.40. The number of methoxy groups -OCH3 is 1. The first-order chi connectivity index (χ1) is 14.9. The van der Waals surface area contributed by atoms with Crippen molar-refractivity contribution in [2.75, 3.05) is 18.2 Å². The molecule has 31 heavy (non-hydrogen) atoms. The van der Waals surface area contributed by atoms with Gasteiger partial charge in [0, 0.05) is 12.2 Å². The van der Waals surface area contributed by atoms with Gasteiger partial charge in [-0.2, -0.15) is 8.42 Å². The second kappa shape index (κ2) is 10.0. The first-order valence-corrected chi connectivity index (χ1v) is 11.2. The zero-order valence-electron chi connectivity index (χ0n) is 17.3. The van der Waals surface area contributed by atoms with Crippen LogP contribution in [0.5, 0.6) is 11.5 Å². The van der Waals surface area contributed by atoms with Gasteiger partial charge in [-0.15, -0.1) is 0 Å². The minimum atomic E-state index is -3.64. The van der Waals surface area contributed by atoms with Gasteiger partial charge in [-0.05, 0) is 61.0 Å². The van der Waals surface area contributed by atoms with Crippen molar-refractivity contribution >= 4 is 21.8 Å². The molecule has 1 N–H and O–H groups in total. The molecule has 0 bridgehead atoms. The molecule has 0 fully saturated rings. The summed E-state index contributed by atoms with van der Waals surface area (Å²) < 4.78 is 39.1. The molecule has 0 spiro atoms. The van der Waals surface area contributed by atoms with E-state index in [2.05, 4.69) is 5.32 Å². The van der Waals surface area contributed by atoms with E-state index in [0.717, 1.165) is 0 Å². The summed E-state index contributed by atoms with van der Waals surface area (Å²) in [5, 5.41) is 2.85. The van der Waals surface area contributed by atoms with Crippen molar-refractivity contribution in [1.82, 2.24) is 4.90 Å². The van der Waals surface area contributed by atoms with Gasteiger partial charge in [0.2, 0.25) is 0 Å². The summed E-state index contributed by atoms with van der Waals surface area (Å²) in [6.45, 7) is 1.95. The van der Waals surface area contributed by atoms with Crippen LogP contribution in [0.25, 0.3) is 0 Å². The van der Waals surface area contributed by atoms with E-state index in [1.807, 2.05) is 0 Å². The lowest BCUT2D eigenvalue weighted by molar-refractivity contribution is 0.201. The number of amides is 2. The Morgan fingerprint density at radius 2 is 1.81 bits per heavy atom. The number of hydrogen-bond acceptors (Lipinski definition) is 6. The lowest BCUT2D eigenvalue weighted by Gasteiger charge is -2.22. The first kappa shape index (κ1) is 22.2. The maximum Gasteiger partial charge on any atom is 0.322 e. The van der Waals surface area contributed by atoms with Gasteiger partial charge in [0.15, 0.2) is 0 Å². The second-order valence-electron chi connectivity index (χ2n) is 6.67. The van der Waals surface area contributed by atoms with Gasteiger partial charge in [-0.25, -0.2) is 4.79 Å². The smallest absolute Gasteiger partial charge is 0.322 e. The Labute approximate surface area is 181 Å². The quantitative estimate of drug-likeness (QED) is 0.496. The van der Waals surface area contributed by atoms with Gasteiger partial charge >= 0.3 is 16.1 Å². The number of hydrogen-bond donors (Lipinski definition) is 1. The zero-order valence-corrected chi connectivity index (χ0v) is 18.1. The number of anilines is 1. The molecule has 3 rings (SSSR count). The molecule has 0 aliphatic carbocycles. The average Bonchev–Trinajstić information content (AvgIpc) is 3.27. The highest BCUT2D eigenvalue weighted by Crippen LogP contribution is 2.20. The Bertz CT molecular complexity index is 1100. The standard InChI is InChI=1S/C22H24N2O6S/c1-3-31(26,27)30-20-7-4-6-17(14-20)15-24(16-21-8-5-13-29-21)22(25)23-18-9-11-19(28-2)12-10-18/h4-14H,3,15-16H2,1-2H3,(H,23,25). The molecule has 1 aromatic heterocycles. The van der Waals surface area contributed by atoms with Gasteiger partial charge in [0.05, 0.1) is 25.7 Å². The van der Waals surface area contributed by atoms with Crippen molar-refractivity contribution in [3.8, 4) is 11.5 Å². The molecule has 9 heteroatoms. The molecule has 0 atom stereocenters. The maximum atomic E-state index is 13.0. The van der Waals surface area contributed by atoms with E-state index >= 15 is 0 Å². The minimum absolute atomic E-state index is 0.133. The topological polar surface area (TPSA) is 98.1 Å². The summed E-state index contributed by atoms with van der Waals surface area (Å²) >= 11 is 0. The SMILES string of the molecule is CCS(=O)(=O)Oc1cccc(CN(Cc2ccco2)C(=O)Nc2ccc(OC)cc2)c1. The monoisotopic (exact) mass is 444 g/mol. The van der Waals surface area contributed by atoms with Crippen LogP contribution in [0.1, 0.15) is 18.2 Å². The fourth-order valence-corrected chi connectivity index (χ4v) is 3.30. The van der Waals surface area contributed by atoms with Crippen LogP contribution in [0, 0.1) is 0 Å². The van der Waals surface area contributed by atoms with Crippen LogP contribution in [0.15, 0.2) is 71.3 Å². The number of furan rings is 1. The molecular formula is C22H24N2O6S. The van der Waals surface area contributed by atoms with Crippen molar-refractivity contribution in [3.05, 3.63) is 78.3 Å². The predicted molar refractivity (Wildman–Crippen MR) is 116 cm³/mol. The van der Waals surface area contributed by atoms with Crippen LogP contribution in [0.4, 0.5) is 10.5 Å². The van der Waals surface area contributed by atoms with E-state index in [4.69, 9.17) is 13.3 Å². The highest BCUT2D eigenvalue weighted by atomic mass is 32.2. The minimum Gasteiger partial charge on any atom is -0.497 e. The van der Waals surface area contributed by atoms with E-state index in [1.54, 1.807) is 78.9 Å². The second-order valence-corrected chi connectivity index (χ2v) is 8.53. The number of nitrogens with one attached hydrogen (secondary N) is 1. The van der Waals surface area contributed by atoms with Crippen molar-refractivity contribution < 1.29 is 26.5 Å². The molecule has 0 saturated carbocycles. The number of carbonyl (C=O) groups excluding carboxylic acids is 1. The Morgan fingerprint density at radius 3 is 2.45 bits per heavy atom. The fraction of sp³-hybridized carbons (Fsp3) is 0.227. The largest absolute Gasteiger partial charge is 0.497 e. The van der Waals surface area contributed by atoms with Crippen LogP contribution in [-0.2, 0) is 23.2 Å². The Morgan fingerprint density at radius 1 is 1.03 bits per heavy atom. The van der Waals surface area contributed by atoms with Gasteiger partial charge in [0.25, 0.3) is 0 Å². The molecule has 2 aromatic carbocycles. The van der Waals surface area contributed by atoms with Gasteiger partial charge in [-0.3, -0.25) is 0 Å². The van der Waals surface area contributed by atoms with E-state index in [9.17, 15) is 13.2 Å². The molecular weight excluding hydrogens is 420 g/mol. The number of ether oxygens (including phenoxy) is 1. The van der Waals surface area contributed by atoms with Crippen LogP contribution < -0.4 is 14.2 Å². The fourth-order valence-electron chi connectivity index (χ4n) is 2.79. The molecule has 0 radical (unpaired) electrons. The number of urea groups is 1. The third kappa shape index (κ3) is 6.51. The van der Waals surface area contributed by atoms with Crippen LogP contribution in [0.2, 0.25) is 0 Å². The molecule has 3 aromatic rings. The molecule has 1 heterocycles. The maximum absolute atomic E-state index is 13.0. The van der Waals surface area contributed by atoms with Gasteiger partial charge < -0.3 is 23.6 Å². The molecule has 0 aliphatic rings. The zero-order chi connectivity index (χ0) is 22.3. The van der Waals surface area contributed by atoms with Crippen LogP contribution in [-0.4, -0.2) is 32.2 Å². The first-order valence-electron chi connectivity index (χ1n) is 9.62. The average molecular weight is 445 g/mol. The summed E-state index contributed by atoms with van der Waals surface area (Å²) in [5.41, 5.74) is 1.32. The highest BCUT2D eigenvalue weighted by Gasteiger charge is 2.17. The summed E-state index contributed by atoms with van der Waals surface area (Å²) in [6, 6.07) is 16.8. The highest BCUT2D eigenvalue weighted by molar-refractivity contribution is 7.87. The van der Waals surface area contributed by atoms with E-state index in [0.29, 0.717) is 22.8 Å². The number of benzene rings is 2. The van der Waals surface area contributed by atoms with Crippen molar-refractivity contribution in [2.45, 2.75) is 20.0 Å². The van der Waals surface area contributed by atoms with Crippen LogP contribution >= 0.6 is 0 Å². The summed E-state index contributed by atoms with van der Waals surface area (Å²) in [5.74, 6) is 1.37. The molecule has 2 amide bonds. The molecule has 8 nitrogen and oxygen atoms in total. The molecule has 0 aliphatic heterocycles. The third-order valence-corrected chi connectivity index (χ3v) is 5.56. The lowest BCUT2D eigenvalue weighted by atomic mass is 10.2. The van der Waals surface area contributed by atoms with Gasteiger partial charge in [-0.1, -0.05) is 12.1 Å². The predicted octanol–water partition coefficient (Wildman–Crippen LogP) is 4.25. The lowest BCUT2D eigenvalue weighted by Crippen LogP contribution is -2.34. The van der Waals surface area contributed by atoms with Crippen molar-refractivity contribution in [3.63, 3.8) is 0 Å². The van der Waals surface area contributed by atoms with E-state index in [-0.39, 0.29) is 30.6 Å². The van der Waals surface area contributed by atoms with Gasteiger partial charge in [0.1, 0.15) is 17.3 Å². The Hall–Kier alpha value is -3.46. The number of rotatable bonds is 9. The number of nitrogens with zero attached hydrogens (tertiary/aromatic N) is 1. The Kier molecular flexibility index (Phi) is 7.19. The Balaban J connectivity index is 1.78. The van der Waals surface area contributed by atoms with Crippen LogP contribution in [0.3, 0.4) is 0 Å². The normalized spacial score (nSPS) is 11.0. The van der Waals surface area contributed by atoms with Crippen molar-refractivity contribution in [1.29, 1.82) is 0 Å².